The van der Waals surface area contributed by atoms with Gasteiger partial charge in [-0.25, -0.2) is 0 Å². The topological polar surface area (TPSA) is 125 Å². The number of carbonyl (C=O) groups is 2. The van der Waals surface area contributed by atoms with Crippen LogP contribution in [-0.4, -0.2) is 45.0 Å². The van der Waals surface area contributed by atoms with Crippen LogP contribution in [0, 0.1) is 0 Å². The zero-order valence-corrected chi connectivity index (χ0v) is 12.3. The Labute approximate surface area is 126 Å². The average Bonchev–Trinajstić information content (AvgIpc) is 3.00. The zero-order valence-electron chi connectivity index (χ0n) is 12.3. The van der Waals surface area contributed by atoms with Crippen LogP contribution in [0.2, 0.25) is 0 Å². The van der Waals surface area contributed by atoms with Crippen LogP contribution in [0.3, 0.4) is 0 Å². The standard InChI is InChI=1S/C13H17N7O2/c1-3-14-11(21)8(2)15-12(22)9-5-4-6-10(7-9)16-13-17-19-20-18-13/h4-8H,3H2,1-2H3,(H,14,21)(H,15,22)(H2,16,17,18,19,20). The summed E-state index contributed by atoms with van der Waals surface area (Å²) in [6.45, 7) is 3.97. The smallest absolute Gasteiger partial charge is 0.267 e. The minimum absolute atomic E-state index is 0.225. The van der Waals surface area contributed by atoms with Gasteiger partial charge < -0.3 is 16.0 Å². The van der Waals surface area contributed by atoms with Gasteiger partial charge in [0.05, 0.1) is 0 Å². The third-order valence-corrected chi connectivity index (χ3v) is 2.82. The molecule has 0 spiro atoms. The van der Waals surface area contributed by atoms with Gasteiger partial charge in [-0.2, -0.15) is 5.21 Å². The van der Waals surface area contributed by atoms with Crippen molar-refractivity contribution in [2.75, 3.05) is 11.9 Å². The van der Waals surface area contributed by atoms with Crippen molar-refractivity contribution in [2.45, 2.75) is 19.9 Å². The molecule has 0 radical (unpaired) electrons. The number of hydrogen-bond donors (Lipinski definition) is 4. The van der Waals surface area contributed by atoms with Gasteiger partial charge in [0.15, 0.2) is 0 Å². The van der Waals surface area contributed by atoms with E-state index in [0.29, 0.717) is 23.7 Å². The largest absolute Gasteiger partial charge is 0.355 e. The maximum atomic E-state index is 12.1. The molecule has 2 rings (SSSR count). The number of nitrogens with zero attached hydrogens (tertiary/aromatic N) is 3. The lowest BCUT2D eigenvalue weighted by Gasteiger charge is -2.13. The molecule has 0 aliphatic rings. The number of amides is 2. The first-order valence-electron chi connectivity index (χ1n) is 6.79. The molecule has 0 aliphatic heterocycles. The predicted molar refractivity (Wildman–Crippen MR) is 79.5 cm³/mol. The van der Waals surface area contributed by atoms with Gasteiger partial charge in [0.1, 0.15) is 6.04 Å². The molecule has 0 bridgehead atoms. The van der Waals surface area contributed by atoms with Crippen LogP contribution in [0.15, 0.2) is 24.3 Å². The molecule has 1 heterocycles. The van der Waals surface area contributed by atoms with Crippen molar-refractivity contribution in [1.82, 2.24) is 31.3 Å². The molecule has 1 atom stereocenters. The predicted octanol–water partition coefficient (Wildman–Crippen LogP) is 0.198. The number of tetrazole rings is 1. The highest BCUT2D eigenvalue weighted by Gasteiger charge is 2.16. The molecule has 2 aromatic rings. The van der Waals surface area contributed by atoms with Gasteiger partial charge >= 0.3 is 0 Å². The summed E-state index contributed by atoms with van der Waals surface area (Å²) >= 11 is 0. The number of rotatable bonds is 6. The van der Waals surface area contributed by atoms with Crippen molar-refractivity contribution >= 4 is 23.5 Å². The minimum Gasteiger partial charge on any atom is -0.355 e. The maximum absolute atomic E-state index is 12.1. The molecule has 0 saturated carbocycles. The van der Waals surface area contributed by atoms with E-state index in [-0.39, 0.29) is 11.8 Å². The van der Waals surface area contributed by atoms with Gasteiger partial charge in [0, 0.05) is 17.8 Å². The lowest BCUT2D eigenvalue weighted by Crippen LogP contribution is -2.44. The third kappa shape index (κ3) is 4.01. The molecule has 4 N–H and O–H groups in total. The molecule has 2 amide bonds. The second-order valence-electron chi connectivity index (χ2n) is 4.53. The number of H-pyrrole nitrogens is 1. The first-order chi connectivity index (χ1) is 10.6. The lowest BCUT2D eigenvalue weighted by molar-refractivity contribution is -0.122. The quantitative estimate of drug-likeness (QED) is 0.604. The molecule has 9 heteroatoms. The Morgan fingerprint density at radius 3 is 2.86 bits per heavy atom. The average molecular weight is 303 g/mol. The molecule has 9 nitrogen and oxygen atoms in total. The molecule has 0 saturated heterocycles. The Kier molecular flexibility index (Phi) is 5.02. The van der Waals surface area contributed by atoms with Crippen LogP contribution >= 0.6 is 0 Å². The van der Waals surface area contributed by atoms with E-state index in [1.54, 1.807) is 31.2 Å². The summed E-state index contributed by atoms with van der Waals surface area (Å²) in [6, 6.07) is 6.16. The van der Waals surface area contributed by atoms with Crippen molar-refractivity contribution in [3.63, 3.8) is 0 Å². The molecular formula is C13H17N7O2. The maximum Gasteiger partial charge on any atom is 0.267 e. The highest BCUT2D eigenvalue weighted by atomic mass is 16.2. The van der Waals surface area contributed by atoms with E-state index in [4.69, 9.17) is 0 Å². The number of aromatic nitrogens is 4. The molecular weight excluding hydrogens is 286 g/mol. The summed E-state index contributed by atoms with van der Waals surface area (Å²) in [6.07, 6.45) is 0. The van der Waals surface area contributed by atoms with Crippen molar-refractivity contribution < 1.29 is 9.59 Å². The zero-order chi connectivity index (χ0) is 15.9. The van der Waals surface area contributed by atoms with E-state index in [1.807, 2.05) is 6.92 Å². The Bertz CT molecular complexity index is 642. The summed E-state index contributed by atoms with van der Waals surface area (Å²) < 4.78 is 0. The van der Waals surface area contributed by atoms with Crippen molar-refractivity contribution in [3.8, 4) is 0 Å². The Balaban J connectivity index is 2.02. The monoisotopic (exact) mass is 303 g/mol. The Morgan fingerprint density at radius 2 is 2.18 bits per heavy atom. The minimum atomic E-state index is -0.610. The number of aromatic amines is 1. The molecule has 0 fully saturated rings. The summed E-state index contributed by atoms with van der Waals surface area (Å²) in [5, 5.41) is 21.5. The molecule has 1 aromatic carbocycles. The number of carbonyl (C=O) groups excluding carboxylic acids is 2. The van der Waals surface area contributed by atoms with Gasteiger partial charge in [-0.05, 0) is 37.3 Å². The van der Waals surface area contributed by atoms with Crippen LogP contribution in [0.1, 0.15) is 24.2 Å². The first-order valence-corrected chi connectivity index (χ1v) is 6.79. The van der Waals surface area contributed by atoms with Crippen molar-refractivity contribution in [2.24, 2.45) is 0 Å². The summed E-state index contributed by atoms with van der Waals surface area (Å²) in [5.74, 6) is -0.263. The van der Waals surface area contributed by atoms with Crippen LogP contribution in [0.5, 0.6) is 0 Å². The number of nitrogens with one attached hydrogen (secondary N) is 4. The van der Waals surface area contributed by atoms with Crippen LogP contribution in [-0.2, 0) is 4.79 Å². The normalized spacial score (nSPS) is 11.5. The van der Waals surface area contributed by atoms with E-state index >= 15 is 0 Å². The second-order valence-corrected chi connectivity index (χ2v) is 4.53. The van der Waals surface area contributed by atoms with Gasteiger partial charge in [0.25, 0.3) is 11.9 Å². The van der Waals surface area contributed by atoms with Crippen LogP contribution in [0.4, 0.5) is 11.6 Å². The Morgan fingerprint density at radius 1 is 1.36 bits per heavy atom. The van der Waals surface area contributed by atoms with Gasteiger partial charge in [-0.15, -0.1) is 5.10 Å². The fourth-order valence-corrected chi connectivity index (χ4v) is 1.75. The summed E-state index contributed by atoms with van der Waals surface area (Å²) in [7, 11) is 0. The highest BCUT2D eigenvalue weighted by molar-refractivity contribution is 5.98. The van der Waals surface area contributed by atoms with E-state index < -0.39 is 6.04 Å². The number of anilines is 2. The van der Waals surface area contributed by atoms with E-state index in [0.717, 1.165) is 0 Å². The van der Waals surface area contributed by atoms with E-state index in [9.17, 15) is 9.59 Å². The number of likely N-dealkylation sites (N-methyl/N-ethyl adjacent to an activating group) is 1. The molecule has 1 unspecified atom stereocenters. The summed E-state index contributed by atoms with van der Waals surface area (Å²) in [4.78, 5) is 23.8. The van der Waals surface area contributed by atoms with E-state index in [2.05, 4.69) is 36.6 Å². The highest BCUT2D eigenvalue weighted by Crippen LogP contribution is 2.14. The fourth-order valence-electron chi connectivity index (χ4n) is 1.75. The summed E-state index contributed by atoms with van der Waals surface area (Å²) in [5.41, 5.74) is 1.06. The molecule has 0 aliphatic carbocycles. The second kappa shape index (κ2) is 7.16. The molecule has 1 aromatic heterocycles. The van der Waals surface area contributed by atoms with Crippen LogP contribution < -0.4 is 16.0 Å². The lowest BCUT2D eigenvalue weighted by atomic mass is 10.1. The third-order valence-electron chi connectivity index (χ3n) is 2.82. The fraction of sp³-hybridized carbons (Fsp3) is 0.308. The Hall–Kier alpha value is -2.97. The number of hydrogen-bond acceptors (Lipinski definition) is 6. The first kappa shape index (κ1) is 15.4. The van der Waals surface area contributed by atoms with E-state index in [1.165, 1.54) is 0 Å². The van der Waals surface area contributed by atoms with Crippen molar-refractivity contribution in [3.05, 3.63) is 29.8 Å². The SMILES string of the molecule is CCNC(=O)C(C)NC(=O)c1cccc(Nc2nn[nH]n2)c1. The van der Waals surface area contributed by atoms with Gasteiger partial charge in [-0.3, -0.25) is 9.59 Å². The van der Waals surface area contributed by atoms with Crippen molar-refractivity contribution in [1.29, 1.82) is 0 Å². The molecule has 116 valence electrons. The number of benzene rings is 1. The molecule has 22 heavy (non-hydrogen) atoms. The van der Waals surface area contributed by atoms with Crippen LogP contribution in [0.25, 0.3) is 0 Å². The van der Waals surface area contributed by atoms with Gasteiger partial charge in [0.2, 0.25) is 5.91 Å². The van der Waals surface area contributed by atoms with Gasteiger partial charge in [-0.1, -0.05) is 11.2 Å².